The van der Waals surface area contributed by atoms with Gasteiger partial charge in [0, 0.05) is 25.0 Å². The molecule has 0 aromatic carbocycles. The Hall–Kier alpha value is -1.10. The molecule has 2 aliphatic rings. The Balaban J connectivity index is 1.72. The highest BCUT2D eigenvalue weighted by Gasteiger charge is 2.32. The topological polar surface area (TPSA) is 69.6 Å². The van der Waals surface area contributed by atoms with E-state index in [9.17, 15) is 9.59 Å². The second-order valence-electron chi connectivity index (χ2n) is 4.40. The number of carboxylic acid groups (broad SMARTS) is 1. The number of carbonyl (C=O) groups is 2. The molecule has 1 saturated carbocycles. The van der Waals surface area contributed by atoms with Crippen molar-refractivity contribution >= 4 is 11.9 Å². The molecule has 1 heterocycles. The van der Waals surface area contributed by atoms with Crippen LogP contribution in [0.4, 0.5) is 0 Å². The second kappa shape index (κ2) is 4.18. The largest absolute Gasteiger partial charge is 0.480 e. The summed E-state index contributed by atoms with van der Waals surface area (Å²) < 4.78 is 0. The summed E-state index contributed by atoms with van der Waals surface area (Å²) in [7, 11) is 0. The van der Waals surface area contributed by atoms with Crippen molar-refractivity contribution in [3.63, 3.8) is 0 Å². The molecule has 1 amide bonds. The lowest BCUT2D eigenvalue weighted by molar-refractivity contribution is -0.138. The normalized spacial score (nSPS) is 26.5. The maximum atomic E-state index is 11.4. The first-order chi connectivity index (χ1) is 7.15. The second-order valence-corrected chi connectivity index (χ2v) is 4.40. The summed E-state index contributed by atoms with van der Waals surface area (Å²) in [6.45, 7) is 1.52. The van der Waals surface area contributed by atoms with E-state index in [0.29, 0.717) is 6.54 Å². The maximum Gasteiger partial charge on any atom is 0.317 e. The van der Waals surface area contributed by atoms with Crippen LogP contribution in [0.2, 0.25) is 0 Å². The van der Waals surface area contributed by atoms with E-state index in [1.807, 2.05) is 4.90 Å². The highest BCUT2D eigenvalue weighted by Crippen LogP contribution is 2.29. The van der Waals surface area contributed by atoms with Crippen LogP contribution < -0.4 is 5.32 Å². The van der Waals surface area contributed by atoms with Gasteiger partial charge in [-0.1, -0.05) is 0 Å². The fourth-order valence-corrected chi connectivity index (χ4v) is 1.95. The number of rotatable bonds is 4. The monoisotopic (exact) mass is 212 g/mol. The van der Waals surface area contributed by atoms with Crippen LogP contribution in [-0.4, -0.2) is 47.6 Å². The summed E-state index contributed by atoms with van der Waals surface area (Å²) in [6.07, 6.45) is 2.89. The van der Waals surface area contributed by atoms with Gasteiger partial charge in [0.25, 0.3) is 0 Å². The highest BCUT2D eigenvalue weighted by atomic mass is 16.4. The molecule has 0 aromatic heterocycles. The lowest BCUT2D eigenvalue weighted by Gasteiger charge is -2.14. The molecule has 2 fully saturated rings. The first-order valence-corrected chi connectivity index (χ1v) is 5.39. The van der Waals surface area contributed by atoms with Gasteiger partial charge in [-0.15, -0.1) is 0 Å². The summed E-state index contributed by atoms with van der Waals surface area (Å²) in [6, 6.07) is 0.150. The van der Waals surface area contributed by atoms with Crippen LogP contribution in [0.1, 0.15) is 19.3 Å². The van der Waals surface area contributed by atoms with Gasteiger partial charge >= 0.3 is 5.97 Å². The highest BCUT2D eigenvalue weighted by molar-refractivity contribution is 5.81. The molecule has 2 rings (SSSR count). The molecule has 15 heavy (non-hydrogen) atoms. The number of hydrogen-bond acceptors (Lipinski definition) is 3. The lowest BCUT2D eigenvalue weighted by Crippen LogP contribution is -2.38. The fraction of sp³-hybridized carbons (Fsp3) is 0.800. The molecule has 0 radical (unpaired) electrons. The van der Waals surface area contributed by atoms with E-state index in [2.05, 4.69) is 5.32 Å². The number of carbonyl (C=O) groups excluding carboxylic acids is 1. The summed E-state index contributed by atoms with van der Waals surface area (Å²) in [5.74, 6) is -0.417. The van der Waals surface area contributed by atoms with E-state index < -0.39 is 5.97 Å². The number of aliphatic carboxylic acids is 1. The minimum atomic E-state index is -0.802. The van der Waals surface area contributed by atoms with Crippen LogP contribution >= 0.6 is 0 Å². The molecule has 1 saturated heterocycles. The van der Waals surface area contributed by atoms with Crippen molar-refractivity contribution in [1.82, 2.24) is 10.2 Å². The van der Waals surface area contributed by atoms with Crippen molar-refractivity contribution in [3.05, 3.63) is 0 Å². The van der Waals surface area contributed by atoms with E-state index in [1.165, 1.54) is 0 Å². The predicted molar refractivity (Wildman–Crippen MR) is 53.3 cm³/mol. The van der Waals surface area contributed by atoms with Gasteiger partial charge in [0.15, 0.2) is 0 Å². The van der Waals surface area contributed by atoms with Gasteiger partial charge in [0.2, 0.25) is 5.91 Å². The summed E-state index contributed by atoms with van der Waals surface area (Å²) >= 11 is 0. The van der Waals surface area contributed by atoms with Crippen LogP contribution in [-0.2, 0) is 9.59 Å². The molecule has 1 unspecified atom stereocenters. The zero-order valence-electron chi connectivity index (χ0n) is 8.61. The molecule has 84 valence electrons. The van der Waals surface area contributed by atoms with Gasteiger partial charge in [-0.3, -0.25) is 14.5 Å². The molecule has 0 bridgehead atoms. The number of likely N-dealkylation sites (tertiary alicyclic amines) is 1. The standard InChI is InChI=1S/C10H16N2O3/c13-9(14)6-12-4-3-8(5-12)11-10(15)7-1-2-7/h7-8H,1-6H2,(H,11,15)(H,13,14). The van der Waals surface area contributed by atoms with Crippen LogP contribution in [0, 0.1) is 5.92 Å². The number of carboxylic acids is 1. The molecule has 0 spiro atoms. The zero-order valence-corrected chi connectivity index (χ0v) is 8.61. The number of amides is 1. The number of nitrogens with one attached hydrogen (secondary N) is 1. The minimum absolute atomic E-state index is 0.0792. The van der Waals surface area contributed by atoms with Crippen molar-refractivity contribution < 1.29 is 14.7 Å². The van der Waals surface area contributed by atoms with Gasteiger partial charge in [-0.05, 0) is 19.3 Å². The first kappa shape index (κ1) is 10.4. The smallest absolute Gasteiger partial charge is 0.317 e. The maximum absolute atomic E-state index is 11.4. The molecule has 1 atom stereocenters. The third kappa shape index (κ3) is 2.92. The molecule has 5 heteroatoms. The van der Waals surface area contributed by atoms with Gasteiger partial charge in [-0.2, -0.15) is 0 Å². The summed E-state index contributed by atoms with van der Waals surface area (Å²) in [5.41, 5.74) is 0. The number of hydrogen-bond donors (Lipinski definition) is 2. The Morgan fingerprint density at radius 2 is 2.07 bits per heavy atom. The molecule has 5 nitrogen and oxygen atoms in total. The average Bonchev–Trinajstić information content (AvgIpc) is 2.90. The first-order valence-electron chi connectivity index (χ1n) is 5.39. The van der Waals surface area contributed by atoms with Gasteiger partial charge in [-0.25, -0.2) is 0 Å². The third-order valence-electron chi connectivity index (χ3n) is 2.93. The Labute approximate surface area is 88.4 Å². The molecular weight excluding hydrogens is 196 g/mol. The van der Waals surface area contributed by atoms with Crippen molar-refractivity contribution in [1.29, 1.82) is 0 Å². The zero-order chi connectivity index (χ0) is 10.8. The average molecular weight is 212 g/mol. The molecule has 1 aliphatic carbocycles. The minimum Gasteiger partial charge on any atom is -0.480 e. The van der Waals surface area contributed by atoms with Crippen LogP contribution in [0.25, 0.3) is 0 Å². The van der Waals surface area contributed by atoms with Crippen molar-refractivity contribution in [2.24, 2.45) is 5.92 Å². The SMILES string of the molecule is O=C(O)CN1CCC(NC(=O)C2CC2)C1. The molecule has 2 N–H and O–H groups in total. The third-order valence-corrected chi connectivity index (χ3v) is 2.93. The lowest BCUT2D eigenvalue weighted by atomic mass is 10.2. The van der Waals surface area contributed by atoms with E-state index in [4.69, 9.17) is 5.11 Å². The molecular formula is C10H16N2O3. The Morgan fingerprint density at radius 1 is 1.33 bits per heavy atom. The Bertz CT molecular complexity index is 276. The van der Waals surface area contributed by atoms with Crippen molar-refractivity contribution in [2.75, 3.05) is 19.6 Å². The quantitative estimate of drug-likeness (QED) is 0.669. The van der Waals surface area contributed by atoms with Gasteiger partial charge in [0.05, 0.1) is 6.54 Å². The van der Waals surface area contributed by atoms with E-state index >= 15 is 0 Å². The van der Waals surface area contributed by atoms with E-state index in [1.54, 1.807) is 0 Å². The fourth-order valence-electron chi connectivity index (χ4n) is 1.95. The molecule has 1 aliphatic heterocycles. The van der Waals surface area contributed by atoms with Crippen molar-refractivity contribution in [2.45, 2.75) is 25.3 Å². The van der Waals surface area contributed by atoms with Crippen LogP contribution in [0.5, 0.6) is 0 Å². The van der Waals surface area contributed by atoms with E-state index in [0.717, 1.165) is 25.8 Å². The molecule has 0 aromatic rings. The van der Waals surface area contributed by atoms with Gasteiger partial charge in [0.1, 0.15) is 0 Å². The summed E-state index contributed by atoms with van der Waals surface area (Å²) in [5, 5.41) is 11.6. The van der Waals surface area contributed by atoms with Gasteiger partial charge < -0.3 is 10.4 Å². The van der Waals surface area contributed by atoms with Crippen LogP contribution in [0.3, 0.4) is 0 Å². The summed E-state index contributed by atoms with van der Waals surface area (Å²) in [4.78, 5) is 23.8. The van der Waals surface area contributed by atoms with E-state index in [-0.39, 0.29) is 24.4 Å². The Kier molecular flexibility index (Phi) is 2.90. The Morgan fingerprint density at radius 3 is 2.67 bits per heavy atom. The number of nitrogens with zero attached hydrogens (tertiary/aromatic N) is 1. The predicted octanol–water partition coefficient (Wildman–Crippen LogP) is -0.329. The van der Waals surface area contributed by atoms with Crippen LogP contribution in [0.15, 0.2) is 0 Å². The van der Waals surface area contributed by atoms with Crippen molar-refractivity contribution in [3.8, 4) is 0 Å².